The van der Waals surface area contributed by atoms with Crippen LogP contribution < -0.4 is 10.6 Å². The standard InChI is InChI=1S/C19H29FN4.HI/c1-21-19(22-11-3-5-15-4-2-6-16(20)14-15)23-17-9-12-24(13-10-17)18-7-8-18;/h2,4,6,14,17-18H,3,5,7-13H2,1H3,(H2,21,22,23);1H. The number of likely N-dealkylation sites (tertiary alicyclic amines) is 1. The molecule has 25 heavy (non-hydrogen) atoms. The highest BCUT2D eigenvalue weighted by Crippen LogP contribution is 2.29. The second kappa shape index (κ2) is 10.3. The molecule has 0 unspecified atom stereocenters. The van der Waals surface area contributed by atoms with Gasteiger partial charge in [-0.3, -0.25) is 4.99 Å². The predicted octanol–water partition coefficient (Wildman–Crippen LogP) is 3.17. The lowest BCUT2D eigenvalue weighted by Crippen LogP contribution is -2.49. The van der Waals surface area contributed by atoms with E-state index in [0.29, 0.717) is 6.04 Å². The molecule has 0 aromatic heterocycles. The fourth-order valence-corrected chi connectivity index (χ4v) is 3.43. The van der Waals surface area contributed by atoms with E-state index in [4.69, 9.17) is 0 Å². The van der Waals surface area contributed by atoms with Crippen LogP contribution in [0.25, 0.3) is 0 Å². The number of hydrogen-bond donors (Lipinski definition) is 2. The number of piperidine rings is 1. The fraction of sp³-hybridized carbons (Fsp3) is 0.632. The first-order valence-corrected chi connectivity index (χ1v) is 9.20. The number of nitrogens with one attached hydrogen (secondary N) is 2. The van der Waals surface area contributed by atoms with E-state index >= 15 is 0 Å². The van der Waals surface area contributed by atoms with E-state index in [0.717, 1.165) is 37.0 Å². The smallest absolute Gasteiger partial charge is 0.191 e. The van der Waals surface area contributed by atoms with Crippen molar-refractivity contribution >= 4 is 29.9 Å². The fourth-order valence-electron chi connectivity index (χ4n) is 3.43. The zero-order valence-corrected chi connectivity index (χ0v) is 17.3. The summed E-state index contributed by atoms with van der Waals surface area (Å²) in [5.74, 6) is 0.731. The first-order chi connectivity index (χ1) is 11.7. The quantitative estimate of drug-likeness (QED) is 0.297. The van der Waals surface area contributed by atoms with Gasteiger partial charge in [0.2, 0.25) is 0 Å². The predicted molar refractivity (Wildman–Crippen MR) is 112 cm³/mol. The van der Waals surface area contributed by atoms with Gasteiger partial charge in [0.05, 0.1) is 0 Å². The lowest BCUT2D eigenvalue weighted by molar-refractivity contribution is 0.197. The van der Waals surface area contributed by atoms with Gasteiger partial charge in [-0.05, 0) is 56.2 Å². The van der Waals surface area contributed by atoms with E-state index in [1.165, 1.54) is 44.8 Å². The Morgan fingerprint density at radius 3 is 2.64 bits per heavy atom. The third-order valence-electron chi connectivity index (χ3n) is 4.98. The van der Waals surface area contributed by atoms with Crippen molar-refractivity contribution < 1.29 is 4.39 Å². The van der Waals surface area contributed by atoms with Gasteiger partial charge in [-0.15, -0.1) is 24.0 Å². The Morgan fingerprint density at radius 1 is 1.24 bits per heavy atom. The van der Waals surface area contributed by atoms with E-state index < -0.39 is 0 Å². The number of halogens is 2. The summed E-state index contributed by atoms with van der Waals surface area (Å²) in [6.45, 7) is 3.26. The second-order valence-electron chi connectivity index (χ2n) is 6.92. The molecule has 140 valence electrons. The number of guanidine groups is 1. The Hall–Kier alpha value is -0.890. The zero-order chi connectivity index (χ0) is 16.8. The van der Waals surface area contributed by atoms with Gasteiger partial charge >= 0.3 is 0 Å². The first kappa shape index (κ1) is 20.4. The molecule has 6 heteroatoms. The molecular weight excluding hydrogens is 430 g/mol. The maximum Gasteiger partial charge on any atom is 0.191 e. The third-order valence-corrected chi connectivity index (χ3v) is 4.98. The molecule has 2 aliphatic rings. The van der Waals surface area contributed by atoms with Crippen molar-refractivity contribution in [2.45, 2.75) is 50.6 Å². The summed E-state index contributed by atoms with van der Waals surface area (Å²) in [5, 5.41) is 6.92. The van der Waals surface area contributed by atoms with Crippen LogP contribution in [0.3, 0.4) is 0 Å². The number of benzene rings is 1. The second-order valence-corrected chi connectivity index (χ2v) is 6.92. The van der Waals surface area contributed by atoms with Crippen LogP contribution in [0.2, 0.25) is 0 Å². The Bertz CT molecular complexity index is 554. The van der Waals surface area contributed by atoms with Crippen molar-refractivity contribution in [3.05, 3.63) is 35.6 Å². The summed E-state index contributed by atoms with van der Waals surface area (Å²) in [5.41, 5.74) is 1.05. The Labute approximate surface area is 167 Å². The number of hydrogen-bond acceptors (Lipinski definition) is 2. The summed E-state index contributed by atoms with van der Waals surface area (Å²) >= 11 is 0. The van der Waals surface area contributed by atoms with Gasteiger partial charge in [0.1, 0.15) is 5.82 Å². The summed E-state index contributed by atoms with van der Waals surface area (Å²) in [7, 11) is 1.82. The average Bonchev–Trinajstić information content (AvgIpc) is 3.43. The number of aryl methyl sites for hydroxylation is 1. The van der Waals surface area contributed by atoms with E-state index in [-0.39, 0.29) is 29.8 Å². The van der Waals surface area contributed by atoms with Crippen LogP contribution >= 0.6 is 24.0 Å². The average molecular weight is 460 g/mol. The molecule has 0 amide bonds. The molecule has 2 N–H and O–H groups in total. The van der Waals surface area contributed by atoms with Crippen LogP contribution in [0.5, 0.6) is 0 Å². The monoisotopic (exact) mass is 460 g/mol. The number of rotatable bonds is 6. The SMILES string of the molecule is CN=C(NCCCc1cccc(F)c1)NC1CCN(C2CC2)CC1.I. The summed E-state index contributed by atoms with van der Waals surface area (Å²) in [4.78, 5) is 6.96. The summed E-state index contributed by atoms with van der Waals surface area (Å²) < 4.78 is 13.2. The minimum atomic E-state index is -0.157. The van der Waals surface area contributed by atoms with Gasteiger partial charge in [0.15, 0.2) is 5.96 Å². The van der Waals surface area contributed by atoms with Crippen LogP contribution in [0.4, 0.5) is 4.39 Å². The third kappa shape index (κ3) is 6.73. The van der Waals surface area contributed by atoms with Crippen LogP contribution in [0.1, 0.15) is 37.7 Å². The Balaban J connectivity index is 0.00000225. The summed E-state index contributed by atoms with van der Waals surface area (Å²) in [6.07, 6.45) is 7.02. The largest absolute Gasteiger partial charge is 0.356 e. The lowest BCUT2D eigenvalue weighted by atomic mass is 10.1. The van der Waals surface area contributed by atoms with E-state index in [2.05, 4.69) is 20.5 Å². The minimum Gasteiger partial charge on any atom is -0.356 e. The molecule has 1 aromatic rings. The van der Waals surface area contributed by atoms with E-state index in [9.17, 15) is 4.39 Å². The number of aliphatic imine (C=N–C) groups is 1. The maximum absolute atomic E-state index is 13.2. The van der Waals surface area contributed by atoms with Gasteiger partial charge in [-0.2, -0.15) is 0 Å². The van der Waals surface area contributed by atoms with Crippen molar-refractivity contribution in [1.82, 2.24) is 15.5 Å². The highest BCUT2D eigenvalue weighted by Gasteiger charge is 2.31. The molecule has 1 saturated heterocycles. The Morgan fingerprint density at radius 2 is 2.00 bits per heavy atom. The molecule has 0 bridgehead atoms. The topological polar surface area (TPSA) is 39.7 Å². The molecule has 1 aliphatic heterocycles. The van der Waals surface area contributed by atoms with Gasteiger partial charge in [-0.25, -0.2) is 4.39 Å². The van der Waals surface area contributed by atoms with Crippen LogP contribution in [-0.4, -0.2) is 49.6 Å². The van der Waals surface area contributed by atoms with E-state index in [1.807, 2.05) is 13.1 Å². The van der Waals surface area contributed by atoms with Gasteiger partial charge < -0.3 is 15.5 Å². The molecule has 2 fully saturated rings. The highest BCUT2D eigenvalue weighted by atomic mass is 127. The molecule has 1 heterocycles. The van der Waals surface area contributed by atoms with Gasteiger partial charge in [-0.1, -0.05) is 12.1 Å². The minimum absolute atomic E-state index is 0. The van der Waals surface area contributed by atoms with Crippen molar-refractivity contribution in [2.24, 2.45) is 4.99 Å². The lowest BCUT2D eigenvalue weighted by Gasteiger charge is -2.33. The molecule has 0 spiro atoms. The number of nitrogens with zero attached hydrogens (tertiary/aromatic N) is 2. The first-order valence-electron chi connectivity index (χ1n) is 9.20. The van der Waals surface area contributed by atoms with Crippen molar-refractivity contribution in [3.63, 3.8) is 0 Å². The molecular formula is C19H30FIN4. The molecule has 0 atom stereocenters. The normalized spacial score (nSPS) is 19.4. The Kier molecular flexibility index (Phi) is 8.42. The van der Waals surface area contributed by atoms with Crippen molar-refractivity contribution in [2.75, 3.05) is 26.7 Å². The van der Waals surface area contributed by atoms with Crippen molar-refractivity contribution in [1.29, 1.82) is 0 Å². The highest BCUT2D eigenvalue weighted by molar-refractivity contribution is 14.0. The van der Waals surface area contributed by atoms with Gasteiger partial charge in [0, 0.05) is 38.8 Å². The zero-order valence-electron chi connectivity index (χ0n) is 15.0. The maximum atomic E-state index is 13.2. The van der Waals surface area contributed by atoms with Crippen LogP contribution in [0.15, 0.2) is 29.3 Å². The molecule has 1 saturated carbocycles. The summed E-state index contributed by atoms with van der Waals surface area (Å²) in [6, 6.07) is 8.25. The van der Waals surface area contributed by atoms with Crippen LogP contribution in [0, 0.1) is 5.82 Å². The van der Waals surface area contributed by atoms with E-state index in [1.54, 1.807) is 12.1 Å². The molecule has 1 aliphatic carbocycles. The van der Waals surface area contributed by atoms with Gasteiger partial charge in [0.25, 0.3) is 0 Å². The molecule has 3 rings (SSSR count). The molecule has 4 nitrogen and oxygen atoms in total. The molecule has 1 aromatic carbocycles. The van der Waals surface area contributed by atoms with Crippen LogP contribution in [-0.2, 0) is 6.42 Å². The molecule has 0 radical (unpaired) electrons. The van der Waals surface area contributed by atoms with Crippen molar-refractivity contribution in [3.8, 4) is 0 Å².